The Kier molecular flexibility index (Phi) is 13.7. The quantitative estimate of drug-likeness (QED) is 0.250. The van der Waals surface area contributed by atoms with E-state index in [1.54, 1.807) is 0 Å². The smallest absolute Gasteiger partial charge is 1.00 e. The van der Waals surface area contributed by atoms with Crippen LogP contribution in [0.5, 0.6) is 0 Å². The zero-order valence-electron chi connectivity index (χ0n) is 9.89. The Bertz CT molecular complexity index is 223. The summed E-state index contributed by atoms with van der Waals surface area (Å²) in [6.45, 7) is 1.23. The molecule has 15 heavy (non-hydrogen) atoms. The molecule has 0 amide bonds. The van der Waals surface area contributed by atoms with Crippen LogP contribution in [0.3, 0.4) is 0 Å². The summed E-state index contributed by atoms with van der Waals surface area (Å²) >= 11 is 0. The third kappa shape index (κ3) is 17.4. The molecule has 0 fully saturated rings. The summed E-state index contributed by atoms with van der Waals surface area (Å²) < 4.78 is 38.7. The largest absolute Gasteiger partial charge is 1.00 e. The normalized spacial score (nSPS) is 11.1. The van der Waals surface area contributed by atoms with Gasteiger partial charge in [0.1, 0.15) is 0 Å². The van der Waals surface area contributed by atoms with E-state index >= 15 is 0 Å². The van der Waals surface area contributed by atoms with Crippen molar-refractivity contribution in [3.8, 4) is 0 Å². The van der Waals surface area contributed by atoms with E-state index in [0.717, 1.165) is 0 Å². The van der Waals surface area contributed by atoms with Crippen LogP contribution in [-0.2, 0) is 19.6 Å². The molecule has 0 heterocycles. The molecule has 0 aliphatic carbocycles. The Morgan fingerprint density at radius 2 is 1.60 bits per heavy atom. The summed E-state index contributed by atoms with van der Waals surface area (Å²) in [6.07, 6.45) is 0.263. The molecular formula is C7H17NaO6S. The molecule has 0 spiro atoms. The van der Waals surface area contributed by atoms with Crippen molar-refractivity contribution in [2.45, 2.75) is 6.42 Å². The molecule has 8 heteroatoms. The van der Waals surface area contributed by atoms with Crippen LogP contribution in [0.25, 0.3) is 0 Å². The summed E-state index contributed by atoms with van der Waals surface area (Å²) in [6, 6.07) is 0. The van der Waals surface area contributed by atoms with Crippen molar-refractivity contribution in [3.63, 3.8) is 0 Å². The van der Waals surface area contributed by atoms with Gasteiger partial charge in [-0.2, -0.15) is 8.42 Å². The molecule has 0 rings (SSSR count). The molecule has 0 aromatic rings. The molecule has 0 aliphatic heterocycles. The first-order chi connectivity index (χ1) is 6.56. The second-order valence-corrected chi connectivity index (χ2v) is 4.16. The van der Waals surface area contributed by atoms with Gasteiger partial charge in [-0.05, 0) is 6.42 Å². The van der Waals surface area contributed by atoms with E-state index in [0.29, 0.717) is 13.2 Å². The second kappa shape index (κ2) is 11.3. The van der Waals surface area contributed by atoms with Crippen molar-refractivity contribution < 1.29 is 58.5 Å². The molecule has 0 aliphatic rings. The molecule has 0 aromatic heterocycles. The van der Waals surface area contributed by atoms with E-state index in [2.05, 4.69) is 0 Å². The molecule has 0 saturated carbocycles. The van der Waals surface area contributed by atoms with Gasteiger partial charge in [0.25, 0.3) is 10.1 Å². The van der Waals surface area contributed by atoms with E-state index < -0.39 is 10.1 Å². The van der Waals surface area contributed by atoms with Crippen LogP contribution in [-0.4, -0.2) is 56.9 Å². The van der Waals surface area contributed by atoms with Gasteiger partial charge < -0.3 is 16.0 Å². The van der Waals surface area contributed by atoms with Crippen molar-refractivity contribution in [1.29, 1.82) is 0 Å². The fraction of sp³-hybridized carbons (Fsp3) is 1.00. The molecule has 88 valence electrons. The third-order valence-corrected chi connectivity index (χ3v) is 2.10. The number of ether oxygens (including phenoxy) is 2. The van der Waals surface area contributed by atoms with Gasteiger partial charge in [-0.15, -0.1) is 0 Å². The second-order valence-electron chi connectivity index (χ2n) is 2.59. The summed E-state index contributed by atoms with van der Waals surface area (Å²) in [4.78, 5) is 0. The standard InChI is InChI=1S/C7H16O6S.Na.H/c8-2-4-13-6-5-12-3-1-7-14(9,10)11;;/h8H,1-7H2,(H,9,10,11);;/q;+1;-1. The first-order valence-electron chi connectivity index (χ1n) is 4.28. The van der Waals surface area contributed by atoms with Gasteiger partial charge in [-0.1, -0.05) is 0 Å². The first kappa shape index (κ1) is 18.2. The Morgan fingerprint density at radius 3 is 2.07 bits per heavy atom. The van der Waals surface area contributed by atoms with E-state index in [9.17, 15) is 8.42 Å². The Morgan fingerprint density at radius 1 is 1.07 bits per heavy atom. The van der Waals surface area contributed by atoms with Gasteiger partial charge >= 0.3 is 29.6 Å². The molecule has 0 aromatic carbocycles. The molecule has 0 bridgehead atoms. The molecule has 2 N–H and O–H groups in total. The first-order valence-corrected chi connectivity index (χ1v) is 5.88. The van der Waals surface area contributed by atoms with Crippen LogP contribution < -0.4 is 29.6 Å². The fourth-order valence-corrected chi connectivity index (χ4v) is 1.21. The Labute approximate surface area is 113 Å². The topological polar surface area (TPSA) is 93.1 Å². The van der Waals surface area contributed by atoms with E-state index in [4.69, 9.17) is 19.1 Å². The molecule has 6 nitrogen and oxygen atoms in total. The predicted octanol–water partition coefficient (Wildman–Crippen LogP) is -3.59. The number of hydrogen-bond donors (Lipinski definition) is 2. The van der Waals surface area contributed by atoms with E-state index in [-0.39, 0.29) is 63.0 Å². The molecule has 0 unspecified atom stereocenters. The van der Waals surface area contributed by atoms with E-state index in [1.165, 1.54) is 0 Å². The minimum atomic E-state index is -3.87. The molecular weight excluding hydrogens is 235 g/mol. The maximum atomic E-state index is 10.3. The zero-order valence-corrected chi connectivity index (χ0v) is 11.7. The van der Waals surface area contributed by atoms with Crippen LogP contribution in [0, 0.1) is 0 Å². The SMILES string of the molecule is O=S(=O)(O)CCCOCCOCCO.[H-].[Na+]. The Balaban J connectivity index is -0.000000845. The maximum Gasteiger partial charge on any atom is 1.00 e. The van der Waals surface area contributed by atoms with Gasteiger partial charge in [0, 0.05) is 6.61 Å². The van der Waals surface area contributed by atoms with Crippen molar-refractivity contribution in [2.24, 2.45) is 0 Å². The third-order valence-electron chi connectivity index (χ3n) is 1.30. The summed E-state index contributed by atoms with van der Waals surface area (Å²) in [7, 11) is -3.87. The number of aliphatic hydroxyl groups is 1. The zero-order chi connectivity index (χ0) is 10.9. The van der Waals surface area contributed by atoms with Gasteiger partial charge in [0.05, 0.1) is 32.2 Å². The van der Waals surface area contributed by atoms with Crippen LogP contribution in [0.1, 0.15) is 7.85 Å². The van der Waals surface area contributed by atoms with Gasteiger partial charge in [-0.25, -0.2) is 0 Å². The van der Waals surface area contributed by atoms with Gasteiger partial charge in [0.2, 0.25) is 0 Å². The van der Waals surface area contributed by atoms with Crippen molar-refractivity contribution in [1.82, 2.24) is 0 Å². The minimum absolute atomic E-state index is 0. The average Bonchev–Trinajstić information content (AvgIpc) is 2.08. The summed E-state index contributed by atoms with van der Waals surface area (Å²) in [5.41, 5.74) is 0. The summed E-state index contributed by atoms with van der Waals surface area (Å²) in [5, 5.41) is 8.34. The molecule has 0 saturated heterocycles. The van der Waals surface area contributed by atoms with Crippen LogP contribution in [0.4, 0.5) is 0 Å². The van der Waals surface area contributed by atoms with Crippen molar-refractivity contribution in [2.75, 3.05) is 38.8 Å². The monoisotopic (exact) mass is 252 g/mol. The predicted molar refractivity (Wildman–Crippen MR) is 50.9 cm³/mol. The van der Waals surface area contributed by atoms with Crippen molar-refractivity contribution in [3.05, 3.63) is 0 Å². The number of aliphatic hydroxyl groups excluding tert-OH is 1. The van der Waals surface area contributed by atoms with Crippen molar-refractivity contribution >= 4 is 10.1 Å². The van der Waals surface area contributed by atoms with Crippen LogP contribution >= 0.6 is 0 Å². The van der Waals surface area contributed by atoms with Crippen LogP contribution in [0.2, 0.25) is 0 Å². The Hall–Kier alpha value is 0.790. The fourth-order valence-electron chi connectivity index (χ4n) is 0.730. The maximum absolute atomic E-state index is 10.3. The number of hydrogen-bond acceptors (Lipinski definition) is 5. The van der Waals surface area contributed by atoms with Gasteiger partial charge in [0.15, 0.2) is 0 Å². The van der Waals surface area contributed by atoms with Crippen LogP contribution in [0.15, 0.2) is 0 Å². The minimum Gasteiger partial charge on any atom is -1.00 e. The average molecular weight is 252 g/mol. The van der Waals surface area contributed by atoms with E-state index in [1.807, 2.05) is 0 Å². The van der Waals surface area contributed by atoms with Gasteiger partial charge in [-0.3, -0.25) is 4.55 Å². The molecule has 0 atom stereocenters. The number of rotatable bonds is 9. The summed E-state index contributed by atoms with van der Waals surface area (Å²) in [5.74, 6) is -0.287. The molecule has 0 radical (unpaired) electrons.